The van der Waals surface area contributed by atoms with Crippen LogP contribution in [0.25, 0.3) is 5.78 Å². The van der Waals surface area contributed by atoms with Crippen molar-refractivity contribution in [2.24, 2.45) is 0 Å². The lowest BCUT2D eigenvalue weighted by Gasteiger charge is -1.98. The van der Waals surface area contributed by atoms with Crippen LogP contribution in [0.3, 0.4) is 0 Å². The van der Waals surface area contributed by atoms with Gasteiger partial charge in [0, 0.05) is 12.4 Å². The maximum Gasteiger partial charge on any atom is 0.354 e. The van der Waals surface area contributed by atoms with Crippen LogP contribution in [0.2, 0.25) is 0 Å². The number of hydrogen-bond donors (Lipinski definition) is 1. The third-order valence-electron chi connectivity index (χ3n) is 2.22. The van der Waals surface area contributed by atoms with Gasteiger partial charge in [0.1, 0.15) is 0 Å². The molecule has 0 spiro atoms. The molecule has 0 radical (unpaired) electrons. The highest BCUT2D eigenvalue weighted by Gasteiger charge is 2.17. The Morgan fingerprint density at radius 2 is 2.33 bits per heavy atom. The lowest BCUT2D eigenvalue weighted by molar-refractivity contribution is 0.0688. The molecule has 78 valence electrons. The second-order valence-electron chi connectivity index (χ2n) is 3.37. The van der Waals surface area contributed by atoms with Crippen molar-refractivity contribution in [2.75, 3.05) is 0 Å². The lowest BCUT2D eigenvalue weighted by atomic mass is 10.2. The zero-order chi connectivity index (χ0) is 11.0. The first-order chi connectivity index (χ1) is 7.13. The first-order valence-corrected chi connectivity index (χ1v) is 4.70. The molecule has 5 heteroatoms. The van der Waals surface area contributed by atoms with E-state index in [4.69, 9.17) is 5.11 Å². The van der Waals surface area contributed by atoms with E-state index in [-0.39, 0.29) is 5.69 Å². The summed E-state index contributed by atoms with van der Waals surface area (Å²) in [5.41, 5.74) is 1.69. The predicted molar refractivity (Wildman–Crippen MR) is 54.1 cm³/mol. The van der Waals surface area contributed by atoms with Gasteiger partial charge in [-0.1, -0.05) is 6.92 Å². The van der Waals surface area contributed by atoms with Gasteiger partial charge in [-0.15, -0.1) is 0 Å². The van der Waals surface area contributed by atoms with Crippen LogP contribution in [0, 0.1) is 6.92 Å². The van der Waals surface area contributed by atoms with E-state index >= 15 is 0 Å². The van der Waals surface area contributed by atoms with Crippen molar-refractivity contribution < 1.29 is 9.90 Å². The topological polar surface area (TPSA) is 67.5 Å². The van der Waals surface area contributed by atoms with Gasteiger partial charge in [-0.25, -0.2) is 14.8 Å². The number of aryl methyl sites for hydroxylation is 2. The minimum atomic E-state index is -0.966. The SMILES string of the molecule is CCc1nc2ncc(C)cn2c1C(=O)O. The highest BCUT2D eigenvalue weighted by Crippen LogP contribution is 2.12. The van der Waals surface area contributed by atoms with Gasteiger partial charge in [0.15, 0.2) is 5.69 Å². The summed E-state index contributed by atoms with van der Waals surface area (Å²) >= 11 is 0. The molecule has 0 unspecified atom stereocenters. The number of aromatic nitrogens is 3. The number of imidazole rings is 1. The van der Waals surface area contributed by atoms with E-state index in [1.807, 2.05) is 13.8 Å². The molecular weight excluding hydrogens is 194 g/mol. The summed E-state index contributed by atoms with van der Waals surface area (Å²) in [6.45, 7) is 3.74. The fourth-order valence-corrected chi connectivity index (χ4v) is 1.55. The van der Waals surface area contributed by atoms with Gasteiger partial charge in [0.25, 0.3) is 0 Å². The average Bonchev–Trinajstić information content (AvgIpc) is 2.55. The molecule has 0 aliphatic heterocycles. The Morgan fingerprint density at radius 1 is 1.60 bits per heavy atom. The number of carboxylic acid groups (broad SMARTS) is 1. The molecule has 0 aliphatic carbocycles. The van der Waals surface area contributed by atoms with E-state index in [0.717, 1.165) is 5.56 Å². The molecule has 15 heavy (non-hydrogen) atoms. The van der Waals surface area contributed by atoms with Gasteiger partial charge < -0.3 is 5.11 Å². The van der Waals surface area contributed by atoms with Crippen LogP contribution in [0.15, 0.2) is 12.4 Å². The van der Waals surface area contributed by atoms with Crippen LogP contribution in [0.1, 0.15) is 28.7 Å². The first kappa shape index (κ1) is 9.64. The summed E-state index contributed by atoms with van der Waals surface area (Å²) in [5, 5.41) is 9.09. The third kappa shape index (κ3) is 1.45. The van der Waals surface area contributed by atoms with Gasteiger partial charge in [-0.05, 0) is 18.9 Å². The molecule has 2 rings (SSSR count). The van der Waals surface area contributed by atoms with Crippen molar-refractivity contribution >= 4 is 11.7 Å². The van der Waals surface area contributed by atoms with Crippen molar-refractivity contribution in [1.29, 1.82) is 0 Å². The fourth-order valence-electron chi connectivity index (χ4n) is 1.55. The summed E-state index contributed by atoms with van der Waals surface area (Å²) < 4.78 is 1.52. The van der Waals surface area contributed by atoms with E-state index in [2.05, 4.69) is 9.97 Å². The van der Waals surface area contributed by atoms with Crippen LogP contribution in [-0.4, -0.2) is 25.4 Å². The van der Waals surface area contributed by atoms with Gasteiger partial charge in [0.2, 0.25) is 5.78 Å². The number of fused-ring (bicyclic) bond motifs is 1. The lowest BCUT2D eigenvalue weighted by Crippen LogP contribution is -2.05. The maximum atomic E-state index is 11.1. The Bertz CT molecular complexity index is 531. The molecule has 0 saturated heterocycles. The molecule has 0 amide bonds. The summed E-state index contributed by atoms with van der Waals surface area (Å²) in [6.07, 6.45) is 4.00. The first-order valence-electron chi connectivity index (χ1n) is 4.70. The Morgan fingerprint density at radius 3 is 2.93 bits per heavy atom. The quantitative estimate of drug-likeness (QED) is 0.802. The van der Waals surface area contributed by atoms with Crippen molar-refractivity contribution in [3.63, 3.8) is 0 Å². The second-order valence-corrected chi connectivity index (χ2v) is 3.37. The molecule has 2 heterocycles. The highest BCUT2D eigenvalue weighted by molar-refractivity contribution is 5.88. The van der Waals surface area contributed by atoms with E-state index < -0.39 is 5.97 Å². The average molecular weight is 205 g/mol. The molecule has 0 aromatic carbocycles. The van der Waals surface area contributed by atoms with Crippen LogP contribution < -0.4 is 0 Å². The normalized spacial score (nSPS) is 10.8. The number of carboxylic acids is 1. The van der Waals surface area contributed by atoms with Crippen molar-refractivity contribution in [2.45, 2.75) is 20.3 Å². The number of nitrogens with zero attached hydrogens (tertiary/aromatic N) is 3. The Labute approximate surface area is 86.4 Å². The van der Waals surface area contributed by atoms with Gasteiger partial charge in [0.05, 0.1) is 5.69 Å². The maximum absolute atomic E-state index is 11.1. The monoisotopic (exact) mass is 205 g/mol. The standard InChI is InChI=1S/C10H11N3O2/c1-3-7-8(9(14)15)13-5-6(2)4-11-10(13)12-7/h4-5H,3H2,1-2H3,(H,14,15). The zero-order valence-electron chi connectivity index (χ0n) is 8.56. The number of hydrogen-bond acceptors (Lipinski definition) is 3. The Balaban J connectivity index is 2.82. The van der Waals surface area contributed by atoms with E-state index in [9.17, 15) is 4.79 Å². The molecule has 0 aliphatic rings. The van der Waals surface area contributed by atoms with Crippen LogP contribution in [-0.2, 0) is 6.42 Å². The Hall–Kier alpha value is -1.91. The molecule has 2 aromatic heterocycles. The van der Waals surface area contributed by atoms with Crippen LogP contribution in [0.4, 0.5) is 0 Å². The van der Waals surface area contributed by atoms with E-state index in [1.165, 1.54) is 4.40 Å². The molecule has 0 fully saturated rings. The summed E-state index contributed by atoms with van der Waals surface area (Å²) in [7, 11) is 0. The molecule has 1 N–H and O–H groups in total. The predicted octanol–water partition coefficient (Wildman–Crippen LogP) is 1.30. The summed E-state index contributed by atoms with van der Waals surface area (Å²) in [5.74, 6) is -0.526. The molecule has 0 atom stereocenters. The molecule has 0 saturated carbocycles. The summed E-state index contributed by atoms with van der Waals surface area (Å²) in [4.78, 5) is 19.3. The van der Waals surface area contributed by atoms with Crippen LogP contribution >= 0.6 is 0 Å². The molecular formula is C10H11N3O2. The summed E-state index contributed by atoms with van der Waals surface area (Å²) in [6, 6.07) is 0. The highest BCUT2D eigenvalue weighted by atomic mass is 16.4. The van der Waals surface area contributed by atoms with Crippen LogP contribution in [0.5, 0.6) is 0 Å². The smallest absolute Gasteiger partial charge is 0.354 e. The Kier molecular flexibility index (Phi) is 2.15. The number of aromatic carboxylic acids is 1. The van der Waals surface area contributed by atoms with E-state index in [0.29, 0.717) is 17.9 Å². The van der Waals surface area contributed by atoms with Gasteiger partial charge >= 0.3 is 5.97 Å². The minimum absolute atomic E-state index is 0.212. The fraction of sp³-hybridized carbons (Fsp3) is 0.300. The molecule has 0 bridgehead atoms. The third-order valence-corrected chi connectivity index (χ3v) is 2.22. The number of rotatable bonds is 2. The molecule has 5 nitrogen and oxygen atoms in total. The molecule has 2 aromatic rings. The van der Waals surface area contributed by atoms with Gasteiger partial charge in [-0.3, -0.25) is 4.40 Å². The van der Waals surface area contributed by atoms with E-state index in [1.54, 1.807) is 12.4 Å². The van der Waals surface area contributed by atoms with Gasteiger partial charge in [-0.2, -0.15) is 0 Å². The van der Waals surface area contributed by atoms with Crippen molar-refractivity contribution in [3.05, 3.63) is 29.3 Å². The van der Waals surface area contributed by atoms with Crippen molar-refractivity contribution in [1.82, 2.24) is 14.4 Å². The largest absolute Gasteiger partial charge is 0.477 e. The minimum Gasteiger partial charge on any atom is -0.477 e. The van der Waals surface area contributed by atoms with Crippen molar-refractivity contribution in [3.8, 4) is 0 Å². The second kappa shape index (κ2) is 3.34. The zero-order valence-corrected chi connectivity index (χ0v) is 8.56. The number of carbonyl (C=O) groups is 1.